The van der Waals surface area contributed by atoms with Gasteiger partial charge in [0.2, 0.25) is 0 Å². The van der Waals surface area contributed by atoms with Gasteiger partial charge in [-0.25, -0.2) is 0 Å². The Balaban J connectivity index is 2.36. The Morgan fingerprint density at radius 3 is 2.71 bits per heavy atom. The summed E-state index contributed by atoms with van der Waals surface area (Å²) in [6.45, 7) is 4.85. The Kier molecular flexibility index (Phi) is 4.45. The second kappa shape index (κ2) is 6.11. The van der Waals surface area contributed by atoms with Crippen LogP contribution in [-0.2, 0) is 0 Å². The number of non-ortho nitro benzene ring substituents is 1. The third-order valence-electron chi connectivity index (χ3n) is 4.09. The van der Waals surface area contributed by atoms with Crippen molar-refractivity contribution in [2.75, 3.05) is 18.9 Å². The van der Waals surface area contributed by atoms with Crippen LogP contribution in [0.3, 0.4) is 0 Å². The molecule has 1 aliphatic heterocycles. The van der Waals surface area contributed by atoms with Crippen molar-refractivity contribution in [2.45, 2.75) is 32.7 Å². The Labute approximate surface area is 124 Å². The van der Waals surface area contributed by atoms with Gasteiger partial charge in [0.1, 0.15) is 0 Å². The number of piperidine rings is 1. The standard InChI is InChI=1S/C15H21N3O3/c1-10-4-5-11(2)17(9-10)15(19)13-8-12(18(20)21)6-7-14(13)16-3/h6-8,10-11,16H,4-5,9H2,1-3H3. The van der Waals surface area contributed by atoms with E-state index < -0.39 is 4.92 Å². The summed E-state index contributed by atoms with van der Waals surface area (Å²) in [7, 11) is 1.71. The molecule has 1 fully saturated rings. The topological polar surface area (TPSA) is 75.5 Å². The summed E-state index contributed by atoms with van der Waals surface area (Å²) >= 11 is 0. The number of carbonyl (C=O) groups excluding carboxylic acids is 1. The Bertz CT molecular complexity index is 559. The highest BCUT2D eigenvalue weighted by atomic mass is 16.6. The Hall–Kier alpha value is -2.11. The predicted molar refractivity (Wildman–Crippen MR) is 81.5 cm³/mol. The number of benzene rings is 1. The molecule has 2 rings (SSSR count). The number of amides is 1. The van der Waals surface area contributed by atoms with Gasteiger partial charge in [-0.2, -0.15) is 0 Å². The number of likely N-dealkylation sites (tertiary alicyclic amines) is 1. The van der Waals surface area contributed by atoms with Gasteiger partial charge in [-0.3, -0.25) is 14.9 Å². The number of carbonyl (C=O) groups is 1. The first-order valence-electron chi connectivity index (χ1n) is 7.21. The van der Waals surface area contributed by atoms with Gasteiger partial charge in [0.05, 0.1) is 10.5 Å². The number of anilines is 1. The molecule has 1 saturated heterocycles. The summed E-state index contributed by atoms with van der Waals surface area (Å²) in [6.07, 6.45) is 2.08. The number of nitrogens with one attached hydrogen (secondary N) is 1. The Morgan fingerprint density at radius 2 is 2.10 bits per heavy atom. The molecule has 114 valence electrons. The number of hydrogen-bond donors (Lipinski definition) is 1. The molecule has 2 atom stereocenters. The van der Waals surface area contributed by atoms with E-state index in [1.54, 1.807) is 13.1 Å². The summed E-state index contributed by atoms with van der Waals surface area (Å²) in [4.78, 5) is 25.1. The first kappa shape index (κ1) is 15.3. The largest absolute Gasteiger partial charge is 0.387 e. The minimum atomic E-state index is -0.474. The molecule has 0 saturated carbocycles. The molecule has 1 aliphatic rings. The highest BCUT2D eigenvalue weighted by Crippen LogP contribution is 2.28. The molecule has 0 radical (unpaired) electrons. The van der Waals surface area contributed by atoms with Gasteiger partial charge in [0.25, 0.3) is 11.6 Å². The lowest BCUT2D eigenvalue weighted by atomic mass is 9.94. The Morgan fingerprint density at radius 1 is 1.38 bits per heavy atom. The fourth-order valence-electron chi connectivity index (χ4n) is 2.77. The normalized spacial score (nSPS) is 22.0. The van der Waals surface area contributed by atoms with E-state index in [0.29, 0.717) is 23.7 Å². The average molecular weight is 291 g/mol. The SMILES string of the molecule is CNc1ccc([N+](=O)[O-])cc1C(=O)N1CC(C)CCC1C. The van der Waals surface area contributed by atoms with Crippen molar-refractivity contribution < 1.29 is 9.72 Å². The number of hydrogen-bond acceptors (Lipinski definition) is 4. The summed E-state index contributed by atoms with van der Waals surface area (Å²) in [5.74, 6) is 0.323. The monoisotopic (exact) mass is 291 g/mol. The lowest BCUT2D eigenvalue weighted by Gasteiger charge is -2.37. The smallest absolute Gasteiger partial charge is 0.270 e. The van der Waals surface area contributed by atoms with E-state index in [1.807, 2.05) is 11.8 Å². The van der Waals surface area contributed by atoms with Crippen LogP contribution in [0.2, 0.25) is 0 Å². The van der Waals surface area contributed by atoms with Crippen molar-refractivity contribution in [1.29, 1.82) is 0 Å². The molecule has 1 aromatic carbocycles. The van der Waals surface area contributed by atoms with Crippen LogP contribution >= 0.6 is 0 Å². The second-order valence-electron chi connectivity index (χ2n) is 5.73. The van der Waals surface area contributed by atoms with Crippen LogP contribution in [0.1, 0.15) is 37.0 Å². The zero-order valence-corrected chi connectivity index (χ0v) is 12.6. The maximum absolute atomic E-state index is 12.8. The van der Waals surface area contributed by atoms with Crippen molar-refractivity contribution >= 4 is 17.3 Å². The quantitative estimate of drug-likeness (QED) is 0.686. The first-order chi connectivity index (χ1) is 9.93. The van der Waals surface area contributed by atoms with Gasteiger partial charge in [0.15, 0.2) is 0 Å². The summed E-state index contributed by atoms with van der Waals surface area (Å²) < 4.78 is 0. The van der Waals surface area contributed by atoms with E-state index in [4.69, 9.17) is 0 Å². The molecule has 0 aliphatic carbocycles. The molecular formula is C15H21N3O3. The minimum Gasteiger partial charge on any atom is -0.387 e. The van der Waals surface area contributed by atoms with Gasteiger partial charge >= 0.3 is 0 Å². The van der Waals surface area contributed by atoms with Crippen LogP contribution in [0, 0.1) is 16.0 Å². The van der Waals surface area contributed by atoms with E-state index >= 15 is 0 Å². The maximum Gasteiger partial charge on any atom is 0.270 e. The third-order valence-corrected chi connectivity index (χ3v) is 4.09. The van der Waals surface area contributed by atoms with Crippen molar-refractivity contribution in [1.82, 2.24) is 4.90 Å². The summed E-state index contributed by atoms with van der Waals surface area (Å²) in [5, 5.41) is 13.9. The van der Waals surface area contributed by atoms with Crippen molar-refractivity contribution in [3.05, 3.63) is 33.9 Å². The van der Waals surface area contributed by atoms with Crippen LogP contribution in [0.15, 0.2) is 18.2 Å². The van der Waals surface area contributed by atoms with Crippen LogP contribution in [0.25, 0.3) is 0 Å². The van der Waals surface area contributed by atoms with E-state index in [9.17, 15) is 14.9 Å². The molecule has 0 aromatic heterocycles. The van der Waals surface area contributed by atoms with Crippen LogP contribution in [0.4, 0.5) is 11.4 Å². The van der Waals surface area contributed by atoms with Crippen LogP contribution in [-0.4, -0.2) is 35.4 Å². The van der Waals surface area contributed by atoms with Crippen LogP contribution < -0.4 is 5.32 Å². The number of nitro benzene ring substituents is 1. The average Bonchev–Trinajstić information content (AvgIpc) is 2.48. The molecular weight excluding hydrogens is 270 g/mol. The maximum atomic E-state index is 12.8. The molecule has 1 heterocycles. The molecule has 1 aromatic rings. The van der Waals surface area contributed by atoms with Crippen LogP contribution in [0.5, 0.6) is 0 Å². The lowest BCUT2D eigenvalue weighted by molar-refractivity contribution is -0.384. The fourth-order valence-corrected chi connectivity index (χ4v) is 2.77. The summed E-state index contributed by atoms with van der Waals surface area (Å²) in [5.41, 5.74) is 0.929. The van der Waals surface area contributed by atoms with Gasteiger partial charge < -0.3 is 10.2 Å². The van der Waals surface area contributed by atoms with Crippen molar-refractivity contribution in [3.8, 4) is 0 Å². The van der Waals surface area contributed by atoms with E-state index in [1.165, 1.54) is 12.1 Å². The molecule has 1 N–H and O–H groups in total. The molecule has 6 nitrogen and oxygen atoms in total. The van der Waals surface area contributed by atoms with Gasteiger partial charge in [-0.15, -0.1) is 0 Å². The van der Waals surface area contributed by atoms with Crippen molar-refractivity contribution in [2.24, 2.45) is 5.92 Å². The van der Waals surface area contributed by atoms with E-state index in [0.717, 1.165) is 12.8 Å². The molecule has 1 amide bonds. The predicted octanol–water partition coefficient (Wildman–Crippen LogP) is 2.90. The van der Waals surface area contributed by atoms with Gasteiger partial charge in [-0.1, -0.05) is 6.92 Å². The number of nitro groups is 1. The van der Waals surface area contributed by atoms with Gasteiger partial charge in [-0.05, 0) is 31.7 Å². The van der Waals surface area contributed by atoms with Crippen molar-refractivity contribution in [3.63, 3.8) is 0 Å². The summed E-state index contributed by atoms with van der Waals surface area (Å²) in [6, 6.07) is 4.52. The fraction of sp³-hybridized carbons (Fsp3) is 0.533. The molecule has 2 unspecified atom stereocenters. The zero-order chi connectivity index (χ0) is 15.6. The van der Waals surface area contributed by atoms with E-state index in [-0.39, 0.29) is 17.6 Å². The first-order valence-corrected chi connectivity index (χ1v) is 7.21. The second-order valence-corrected chi connectivity index (χ2v) is 5.73. The van der Waals surface area contributed by atoms with E-state index in [2.05, 4.69) is 12.2 Å². The lowest BCUT2D eigenvalue weighted by Crippen LogP contribution is -2.45. The molecule has 21 heavy (non-hydrogen) atoms. The number of nitrogens with zero attached hydrogens (tertiary/aromatic N) is 2. The minimum absolute atomic E-state index is 0.0601. The van der Waals surface area contributed by atoms with Gasteiger partial charge in [0, 0.05) is 37.5 Å². The molecule has 0 spiro atoms. The highest BCUT2D eigenvalue weighted by molar-refractivity contribution is 6.00. The number of rotatable bonds is 3. The zero-order valence-electron chi connectivity index (χ0n) is 12.6. The highest BCUT2D eigenvalue weighted by Gasteiger charge is 2.29. The molecule has 6 heteroatoms. The third kappa shape index (κ3) is 3.15. The molecule has 0 bridgehead atoms.